The van der Waals surface area contributed by atoms with Crippen LogP contribution in [0, 0.1) is 17.8 Å². The summed E-state index contributed by atoms with van der Waals surface area (Å²) in [6.07, 6.45) is -2.97. The van der Waals surface area contributed by atoms with Gasteiger partial charge in [-0.3, -0.25) is 13.9 Å². The number of nitrogens with zero attached hydrogens (tertiary/aromatic N) is 5. The number of likely N-dealkylation sites (N-methyl/N-ethyl adjacent to an activating group) is 2. The van der Waals surface area contributed by atoms with Gasteiger partial charge < -0.3 is 63.4 Å². The van der Waals surface area contributed by atoms with Crippen molar-refractivity contribution in [3.05, 3.63) is 36.2 Å². The summed E-state index contributed by atoms with van der Waals surface area (Å²) in [6, 6.07) is 5.63. The van der Waals surface area contributed by atoms with Crippen LogP contribution in [-0.2, 0) is 56.0 Å². The molecule has 2 aromatic rings. The second-order valence-electron chi connectivity index (χ2n) is 22.3. The Morgan fingerprint density at radius 3 is 2.28 bits per heavy atom. The molecule has 0 radical (unpaired) electrons. The quantitative estimate of drug-likeness (QED) is 0.110. The maximum atomic E-state index is 14.5. The van der Waals surface area contributed by atoms with Gasteiger partial charge in [-0.15, -0.1) is 5.10 Å². The highest BCUT2D eigenvalue weighted by Crippen LogP contribution is 2.40. The molecule has 0 spiro atoms. The number of cyclic esters (lactones) is 1. The fourth-order valence-electron chi connectivity index (χ4n) is 11.2. The number of esters is 1. The minimum atomic E-state index is -3.54. The zero-order valence-electron chi connectivity index (χ0n) is 46.3. The summed E-state index contributed by atoms with van der Waals surface area (Å²) < 4.78 is 83.5. The number of carbonyl (C=O) groups is 1. The third-order valence-corrected chi connectivity index (χ3v) is 17.7. The fourth-order valence-corrected chi connectivity index (χ4v) is 12.5. The van der Waals surface area contributed by atoms with Crippen molar-refractivity contribution < 1.29 is 71.2 Å². The van der Waals surface area contributed by atoms with E-state index in [-0.39, 0.29) is 54.4 Å². The topological polar surface area (TPSA) is 234 Å². The summed E-state index contributed by atoms with van der Waals surface area (Å²) in [5.74, 6) is -2.24. The van der Waals surface area contributed by atoms with Crippen molar-refractivity contribution in [3.8, 4) is 5.75 Å². The number of sulfone groups is 1. The lowest BCUT2D eigenvalue weighted by Crippen LogP contribution is -2.59. The highest BCUT2D eigenvalue weighted by Gasteiger charge is 2.52. The van der Waals surface area contributed by atoms with Crippen molar-refractivity contribution in [3.63, 3.8) is 0 Å². The zero-order valence-corrected chi connectivity index (χ0v) is 47.1. The molecule has 21 heteroatoms. The molecule has 0 unspecified atom stereocenters. The summed E-state index contributed by atoms with van der Waals surface area (Å²) >= 11 is 0. The second kappa shape index (κ2) is 26.6. The first-order chi connectivity index (χ1) is 34.7. The van der Waals surface area contributed by atoms with E-state index < -0.39 is 106 Å². The third-order valence-electron chi connectivity index (χ3n) is 15.9. The number of rotatable bonds is 19. The maximum absolute atomic E-state index is 14.5. The average Bonchev–Trinajstić information content (AvgIpc) is 3.81. The number of alkyl halides is 1. The lowest BCUT2D eigenvalue weighted by molar-refractivity contribution is -0.308. The van der Waals surface area contributed by atoms with Crippen LogP contribution in [-0.4, -0.2) is 197 Å². The van der Waals surface area contributed by atoms with Gasteiger partial charge in [0.05, 0.1) is 71.2 Å². The first-order valence-electron chi connectivity index (χ1n) is 26.7. The molecule has 5 rings (SSSR count). The van der Waals surface area contributed by atoms with Crippen LogP contribution < -0.4 is 4.74 Å². The molecule has 3 aliphatic rings. The second-order valence-corrected chi connectivity index (χ2v) is 24.4. The highest BCUT2D eigenvalue weighted by atomic mass is 32.2. The molecule has 17 atom stereocenters. The van der Waals surface area contributed by atoms with Crippen LogP contribution in [0.1, 0.15) is 120 Å². The van der Waals surface area contributed by atoms with Crippen molar-refractivity contribution >= 4 is 15.8 Å². The molecule has 4 heterocycles. The molecule has 1 aromatic heterocycles. The van der Waals surface area contributed by atoms with Crippen LogP contribution in [0.5, 0.6) is 5.75 Å². The molecule has 0 amide bonds. The van der Waals surface area contributed by atoms with E-state index in [1.807, 2.05) is 45.8 Å². The summed E-state index contributed by atoms with van der Waals surface area (Å²) in [6.45, 7) is 19.3. The van der Waals surface area contributed by atoms with E-state index in [0.29, 0.717) is 51.3 Å². The van der Waals surface area contributed by atoms with E-state index in [0.717, 1.165) is 12.1 Å². The maximum Gasteiger partial charge on any atom is 0.311 e. The molecular weight excluding hydrogens is 982 g/mol. The largest absolute Gasteiger partial charge is 0.494 e. The summed E-state index contributed by atoms with van der Waals surface area (Å²) in [5, 5.41) is 56.2. The Labute approximate surface area is 439 Å². The van der Waals surface area contributed by atoms with Crippen LogP contribution in [0.3, 0.4) is 0 Å². The zero-order chi connectivity index (χ0) is 54.9. The number of benzene rings is 1. The number of hydrogen-bond acceptors (Lipinski definition) is 18. The first kappa shape index (κ1) is 61.9. The average molecular weight is 1070 g/mol. The third kappa shape index (κ3) is 15.9. The van der Waals surface area contributed by atoms with E-state index in [9.17, 15) is 38.0 Å². The number of aliphatic hydroxyl groups excluding tert-OH is 2. The van der Waals surface area contributed by atoms with Gasteiger partial charge in [0.15, 0.2) is 22.4 Å². The van der Waals surface area contributed by atoms with E-state index in [4.69, 9.17) is 33.2 Å². The predicted molar refractivity (Wildman–Crippen MR) is 275 cm³/mol. The monoisotopic (exact) mass is 1070 g/mol. The van der Waals surface area contributed by atoms with Crippen molar-refractivity contribution in [1.29, 1.82) is 0 Å². The van der Waals surface area contributed by atoms with Crippen LogP contribution in [0.2, 0.25) is 0 Å². The minimum absolute atomic E-state index is 0.0262. The Balaban J connectivity index is 1.31. The predicted octanol–water partition coefficient (Wildman–Crippen LogP) is 4.74. The van der Waals surface area contributed by atoms with Gasteiger partial charge in [-0.05, 0) is 118 Å². The number of methoxy groups -OCH3 is 1. The Hall–Kier alpha value is -2.93. The fraction of sp³-hybridized carbons (Fsp3) is 0.830. The summed E-state index contributed by atoms with van der Waals surface area (Å²) in [7, 11) is 1.89. The molecule has 4 N–H and O–H groups in total. The van der Waals surface area contributed by atoms with Crippen LogP contribution in [0.15, 0.2) is 35.4 Å². The SMILES string of the molecule is CC[C@H]1OC(=O)[C@H](C)[C@@H](O[C@H]2C[C@@](C)(OC)[C@@H](O)[C@H](C)O2)[C@H](C)[C@@H](O[C@H]2C[C@@H](N(C)CCc3cn(CCCOc4ccc(S(=O)(=O)CCCF)cc4)nn3)C[C@@H](C)O2)[C@](C)(O)C[C@@H](C)CN(C)[C@H](C)[C@@H](O)[C@]1(C)O. The van der Waals surface area contributed by atoms with E-state index in [1.54, 1.807) is 51.4 Å². The van der Waals surface area contributed by atoms with Crippen molar-refractivity contribution in [2.45, 2.75) is 216 Å². The number of aliphatic hydroxyl groups is 4. The number of hydrogen-bond donors (Lipinski definition) is 4. The van der Waals surface area contributed by atoms with Gasteiger partial charge in [0.25, 0.3) is 0 Å². The minimum Gasteiger partial charge on any atom is -0.494 e. The van der Waals surface area contributed by atoms with Gasteiger partial charge in [0.2, 0.25) is 0 Å². The molecule has 424 valence electrons. The lowest BCUT2D eigenvalue weighted by Gasteiger charge is -2.48. The molecule has 0 bridgehead atoms. The first-order valence-corrected chi connectivity index (χ1v) is 28.3. The number of aryl methyl sites for hydroxylation is 1. The summed E-state index contributed by atoms with van der Waals surface area (Å²) in [5.41, 5.74) is -3.56. The van der Waals surface area contributed by atoms with E-state index >= 15 is 0 Å². The van der Waals surface area contributed by atoms with Gasteiger partial charge in [0.1, 0.15) is 29.7 Å². The van der Waals surface area contributed by atoms with Gasteiger partial charge >= 0.3 is 5.97 Å². The molecular formula is C53H90FN5O14S. The number of halogens is 1. The molecule has 3 saturated heterocycles. The smallest absolute Gasteiger partial charge is 0.311 e. The number of ether oxygens (including phenoxy) is 7. The molecule has 0 saturated carbocycles. The van der Waals surface area contributed by atoms with Crippen molar-refractivity contribution in [2.24, 2.45) is 17.8 Å². The van der Waals surface area contributed by atoms with E-state index in [2.05, 4.69) is 22.3 Å². The molecule has 74 heavy (non-hydrogen) atoms. The van der Waals surface area contributed by atoms with Crippen molar-refractivity contribution in [2.75, 3.05) is 53.3 Å². The molecule has 0 aliphatic carbocycles. The van der Waals surface area contributed by atoms with Gasteiger partial charge in [-0.1, -0.05) is 26.0 Å². The van der Waals surface area contributed by atoms with Crippen LogP contribution in [0.4, 0.5) is 4.39 Å². The van der Waals surface area contributed by atoms with Crippen molar-refractivity contribution in [1.82, 2.24) is 24.8 Å². The van der Waals surface area contributed by atoms with E-state index in [1.165, 1.54) is 26.2 Å². The van der Waals surface area contributed by atoms with Gasteiger partial charge in [0, 0.05) is 76.6 Å². The Morgan fingerprint density at radius 1 is 0.946 bits per heavy atom. The Morgan fingerprint density at radius 2 is 1.64 bits per heavy atom. The highest BCUT2D eigenvalue weighted by molar-refractivity contribution is 7.91. The number of carbonyl (C=O) groups excluding carboxylic acids is 1. The van der Waals surface area contributed by atoms with Crippen LogP contribution in [0.25, 0.3) is 0 Å². The molecule has 3 fully saturated rings. The van der Waals surface area contributed by atoms with Gasteiger partial charge in [-0.2, -0.15) is 0 Å². The Bertz CT molecular complexity index is 2150. The van der Waals surface area contributed by atoms with Gasteiger partial charge in [-0.25, -0.2) is 8.42 Å². The van der Waals surface area contributed by atoms with Crippen LogP contribution >= 0.6 is 0 Å². The molecule has 3 aliphatic heterocycles. The Kier molecular flexibility index (Phi) is 22.3. The normalized spacial score (nSPS) is 37.5. The standard InChI is InChI=1S/C53H90FN5O14S/c1-14-43-53(10,64)47(60)37(6)58(12)31-33(2)29-51(8,63)49(35(4)46(36(5)50(62)71-43)72-45-30-52(9,67-13)48(61)38(7)70-45)73-44-28-40(27-34(3)69-44)57(11)24-21-39-32-59(56-55-39)23-16-25-68-41-17-19-42(20-18-41)74(65,66)26-15-22-54/h17-20,32-38,40,43-49,60-61,63-64H,14-16,21-31H2,1-13H3/t33-,34-,35+,36-,37-,38+,40+,43-,44+,45+,46+,47-,48+,49-,51-,52-,53-/m1/s1. The lowest BCUT2D eigenvalue weighted by atomic mass is 9.77. The molecule has 1 aromatic carbocycles. The number of aromatic nitrogens is 3. The molecule has 19 nitrogen and oxygen atoms in total. The summed E-state index contributed by atoms with van der Waals surface area (Å²) in [4.78, 5) is 18.8.